The molecule has 8 nitrogen and oxygen atoms in total. The number of hydrogen-bond donors (Lipinski definition) is 2. The fourth-order valence-corrected chi connectivity index (χ4v) is 6.61. The van der Waals surface area contributed by atoms with E-state index in [1.807, 2.05) is 33.0 Å². The predicted octanol–water partition coefficient (Wildman–Crippen LogP) is 5.22. The molecule has 5 heterocycles. The fourth-order valence-electron chi connectivity index (χ4n) is 6.61. The van der Waals surface area contributed by atoms with Crippen LogP contribution in [0, 0.1) is 11.6 Å². The van der Waals surface area contributed by atoms with Crippen LogP contribution in [0.2, 0.25) is 0 Å². The Kier molecular flexibility index (Phi) is 6.84. The lowest BCUT2D eigenvalue weighted by atomic mass is 10.1. The SMILES string of the molecule is CCN1C2CCC1CN(Cc1ccc(Nc3ncc(F)c(-c4cc(F)c5c(c4)N(C(C)C)C(C)N5)n3)nc1)C2. The molecule has 1 aromatic carbocycles. The van der Waals surface area contributed by atoms with Gasteiger partial charge < -0.3 is 15.5 Å². The molecule has 2 bridgehead atoms. The van der Waals surface area contributed by atoms with E-state index in [2.05, 4.69) is 53.3 Å². The van der Waals surface area contributed by atoms with E-state index in [0.29, 0.717) is 34.8 Å². The third-order valence-corrected chi connectivity index (χ3v) is 8.24. The molecule has 3 aromatic rings. The number of anilines is 4. The summed E-state index contributed by atoms with van der Waals surface area (Å²) in [5, 5.41) is 6.25. The van der Waals surface area contributed by atoms with Crippen molar-refractivity contribution in [2.24, 2.45) is 0 Å². The third-order valence-electron chi connectivity index (χ3n) is 8.24. The van der Waals surface area contributed by atoms with Gasteiger partial charge in [0, 0.05) is 49.5 Å². The number of piperazine rings is 1. The fraction of sp³-hybridized carbons (Fsp3) is 0.483. The molecule has 6 rings (SSSR count). The molecule has 0 aliphatic carbocycles. The first-order valence-corrected chi connectivity index (χ1v) is 13.9. The van der Waals surface area contributed by atoms with Crippen molar-refractivity contribution in [1.82, 2.24) is 24.8 Å². The van der Waals surface area contributed by atoms with Crippen molar-refractivity contribution in [3.63, 3.8) is 0 Å². The second kappa shape index (κ2) is 10.3. The third kappa shape index (κ3) is 4.91. The van der Waals surface area contributed by atoms with Crippen molar-refractivity contribution in [2.75, 3.05) is 35.2 Å². The topological polar surface area (TPSA) is 72.5 Å². The number of hydrogen-bond acceptors (Lipinski definition) is 8. The van der Waals surface area contributed by atoms with Gasteiger partial charge in [-0.3, -0.25) is 9.80 Å². The average molecular weight is 535 g/mol. The number of likely N-dealkylation sites (tertiary alicyclic amines) is 1. The maximum absolute atomic E-state index is 15.0. The minimum absolute atomic E-state index is 0.0370. The molecule has 2 fully saturated rings. The molecule has 2 saturated heterocycles. The molecule has 3 atom stereocenters. The normalized spacial score (nSPS) is 22.8. The van der Waals surface area contributed by atoms with E-state index in [0.717, 1.165) is 37.9 Å². The van der Waals surface area contributed by atoms with Gasteiger partial charge in [-0.2, -0.15) is 0 Å². The quantitative estimate of drug-likeness (QED) is 0.428. The standard InChI is InChI=1S/C29H36F2N8/c1-5-38-21-7-8-22(38)16-37(15-21)14-19-6-9-26(32-12-19)35-29-33-13-24(31)27(36-29)20-10-23(30)28-25(11-20)39(17(2)3)18(4)34-28/h6,9-13,17-18,21-22,34H,5,7-8,14-16H2,1-4H3,(H,32,33,35,36). The number of nitrogens with one attached hydrogen (secondary N) is 2. The summed E-state index contributed by atoms with van der Waals surface area (Å²) in [7, 11) is 0. The lowest BCUT2D eigenvalue weighted by Gasteiger charge is -2.40. The molecule has 3 unspecified atom stereocenters. The number of nitrogens with zero attached hydrogens (tertiary/aromatic N) is 6. The zero-order chi connectivity index (χ0) is 27.3. The summed E-state index contributed by atoms with van der Waals surface area (Å²) in [4.78, 5) is 20.3. The van der Waals surface area contributed by atoms with Gasteiger partial charge in [-0.15, -0.1) is 0 Å². The Labute approximate surface area is 228 Å². The van der Waals surface area contributed by atoms with Crippen molar-refractivity contribution in [1.29, 1.82) is 0 Å². The molecule has 0 radical (unpaired) electrons. The van der Waals surface area contributed by atoms with E-state index < -0.39 is 11.6 Å². The Bertz CT molecular complexity index is 1330. The summed E-state index contributed by atoms with van der Waals surface area (Å²) >= 11 is 0. The lowest BCUT2D eigenvalue weighted by molar-refractivity contribution is 0.0669. The van der Waals surface area contributed by atoms with Crippen LogP contribution in [0.25, 0.3) is 11.3 Å². The Hall–Kier alpha value is -3.37. The molecule has 39 heavy (non-hydrogen) atoms. The molecule has 206 valence electrons. The molecule has 3 aliphatic heterocycles. The highest BCUT2D eigenvalue weighted by molar-refractivity contribution is 5.82. The van der Waals surface area contributed by atoms with Gasteiger partial charge in [0.15, 0.2) is 5.82 Å². The molecular formula is C29H36F2N8. The highest BCUT2D eigenvalue weighted by Crippen LogP contribution is 2.41. The van der Waals surface area contributed by atoms with E-state index >= 15 is 4.39 Å². The van der Waals surface area contributed by atoms with E-state index in [9.17, 15) is 4.39 Å². The maximum atomic E-state index is 15.0. The van der Waals surface area contributed by atoms with Gasteiger partial charge in [0.1, 0.15) is 17.3 Å². The average Bonchev–Trinajstić information content (AvgIpc) is 3.38. The molecule has 3 aliphatic rings. The van der Waals surface area contributed by atoms with Gasteiger partial charge in [-0.1, -0.05) is 13.0 Å². The van der Waals surface area contributed by atoms with E-state index in [1.54, 1.807) is 6.07 Å². The summed E-state index contributed by atoms with van der Waals surface area (Å²) in [5.41, 5.74) is 2.67. The van der Waals surface area contributed by atoms with Gasteiger partial charge in [-0.25, -0.2) is 23.7 Å². The molecule has 0 saturated carbocycles. The number of fused-ring (bicyclic) bond motifs is 3. The Morgan fingerprint density at radius 2 is 1.82 bits per heavy atom. The van der Waals surface area contributed by atoms with Gasteiger partial charge in [0.05, 0.1) is 23.7 Å². The second-order valence-electron chi connectivity index (χ2n) is 11.1. The Morgan fingerprint density at radius 3 is 2.49 bits per heavy atom. The molecule has 2 N–H and O–H groups in total. The maximum Gasteiger partial charge on any atom is 0.229 e. The minimum atomic E-state index is -0.615. The zero-order valence-electron chi connectivity index (χ0n) is 23.0. The summed E-state index contributed by atoms with van der Waals surface area (Å²) in [6.45, 7) is 12.5. The minimum Gasteiger partial charge on any atom is -0.361 e. The summed E-state index contributed by atoms with van der Waals surface area (Å²) in [6, 6.07) is 8.51. The molecular weight excluding hydrogens is 498 g/mol. The van der Waals surface area contributed by atoms with Crippen molar-refractivity contribution >= 4 is 23.1 Å². The molecule has 0 spiro atoms. The van der Waals surface area contributed by atoms with Crippen LogP contribution in [0.5, 0.6) is 0 Å². The summed E-state index contributed by atoms with van der Waals surface area (Å²) in [5.74, 6) is -0.287. The molecule has 2 aromatic heterocycles. The smallest absolute Gasteiger partial charge is 0.229 e. The van der Waals surface area contributed by atoms with Crippen LogP contribution in [0.4, 0.5) is 31.9 Å². The van der Waals surface area contributed by atoms with Crippen LogP contribution in [0.15, 0.2) is 36.7 Å². The van der Waals surface area contributed by atoms with Gasteiger partial charge in [0.25, 0.3) is 0 Å². The number of rotatable bonds is 7. The second-order valence-corrected chi connectivity index (χ2v) is 11.1. The highest BCUT2D eigenvalue weighted by Gasteiger charge is 2.38. The Balaban J connectivity index is 1.17. The Morgan fingerprint density at radius 1 is 1.05 bits per heavy atom. The highest BCUT2D eigenvalue weighted by atomic mass is 19.1. The van der Waals surface area contributed by atoms with Crippen LogP contribution in [-0.2, 0) is 6.54 Å². The molecule has 0 amide bonds. The summed E-state index contributed by atoms with van der Waals surface area (Å²) in [6.07, 6.45) is 5.49. The van der Waals surface area contributed by atoms with E-state index in [4.69, 9.17) is 0 Å². The number of aromatic nitrogens is 3. The number of benzene rings is 1. The van der Waals surface area contributed by atoms with E-state index in [1.165, 1.54) is 18.9 Å². The number of likely N-dealkylation sites (N-methyl/N-ethyl adjacent to an activating group) is 1. The first kappa shape index (κ1) is 25.9. The zero-order valence-corrected chi connectivity index (χ0v) is 23.0. The molecule has 10 heteroatoms. The van der Waals surface area contributed by atoms with Crippen LogP contribution in [0.1, 0.15) is 46.1 Å². The van der Waals surface area contributed by atoms with Crippen molar-refractivity contribution in [2.45, 2.75) is 71.4 Å². The van der Waals surface area contributed by atoms with Crippen LogP contribution in [0.3, 0.4) is 0 Å². The van der Waals surface area contributed by atoms with Gasteiger partial charge >= 0.3 is 0 Å². The van der Waals surface area contributed by atoms with Crippen LogP contribution in [-0.4, -0.2) is 68.7 Å². The van der Waals surface area contributed by atoms with Crippen LogP contribution >= 0.6 is 0 Å². The monoisotopic (exact) mass is 534 g/mol. The van der Waals surface area contributed by atoms with Gasteiger partial charge in [0.2, 0.25) is 5.95 Å². The first-order valence-electron chi connectivity index (χ1n) is 13.9. The predicted molar refractivity (Wildman–Crippen MR) is 150 cm³/mol. The largest absolute Gasteiger partial charge is 0.361 e. The number of halogens is 2. The van der Waals surface area contributed by atoms with Crippen molar-refractivity contribution in [3.05, 3.63) is 53.9 Å². The first-order chi connectivity index (χ1) is 18.8. The number of pyridine rings is 1. The van der Waals surface area contributed by atoms with E-state index in [-0.39, 0.29) is 23.8 Å². The van der Waals surface area contributed by atoms with Gasteiger partial charge in [-0.05, 0) is 63.9 Å². The summed E-state index contributed by atoms with van der Waals surface area (Å²) < 4.78 is 29.9. The van der Waals surface area contributed by atoms with Crippen LogP contribution < -0.4 is 15.5 Å². The van der Waals surface area contributed by atoms with Crippen molar-refractivity contribution in [3.8, 4) is 11.3 Å². The van der Waals surface area contributed by atoms with Crippen molar-refractivity contribution < 1.29 is 8.78 Å². The lowest BCUT2D eigenvalue weighted by Crippen LogP contribution is -2.53.